The zero-order valence-corrected chi connectivity index (χ0v) is 11.7. The van der Waals surface area contributed by atoms with E-state index in [0.29, 0.717) is 13.2 Å². The highest BCUT2D eigenvalue weighted by molar-refractivity contribution is 5.88. The lowest BCUT2D eigenvalue weighted by Gasteiger charge is -2.22. The summed E-state index contributed by atoms with van der Waals surface area (Å²) in [6.45, 7) is 1.11. The summed E-state index contributed by atoms with van der Waals surface area (Å²) in [6, 6.07) is 2.51. The molecule has 1 aromatic heterocycles. The van der Waals surface area contributed by atoms with Crippen LogP contribution in [0.5, 0.6) is 0 Å². The van der Waals surface area contributed by atoms with Crippen LogP contribution in [0.3, 0.4) is 0 Å². The second kappa shape index (κ2) is 6.98. The molecule has 0 amide bonds. The molecule has 0 aliphatic carbocycles. The molecule has 2 heterocycles. The van der Waals surface area contributed by atoms with Gasteiger partial charge in [-0.25, -0.2) is 9.78 Å². The molecule has 2 rings (SSSR count). The van der Waals surface area contributed by atoms with Gasteiger partial charge in [-0.3, -0.25) is 10.1 Å². The summed E-state index contributed by atoms with van der Waals surface area (Å²) in [6.07, 6.45) is 3.01. The van der Waals surface area contributed by atoms with E-state index in [0.717, 1.165) is 19.3 Å². The Labute approximate surface area is 121 Å². The number of carbonyl (C=O) groups is 1. The minimum atomic E-state index is -0.637. The third kappa shape index (κ3) is 3.88. The van der Waals surface area contributed by atoms with Crippen molar-refractivity contribution in [3.63, 3.8) is 0 Å². The van der Waals surface area contributed by atoms with Gasteiger partial charge in [0, 0.05) is 19.2 Å². The van der Waals surface area contributed by atoms with Crippen molar-refractivity contribution in [2.24, 2.45) is 0 Å². The summed E-state index contributed by atoms with van der Waals surface area (Å²) in [5.74, 6) is -0.584. The maximum absolute atomic E-state index is 11.4. The highest BCUT2D eigenvalue weighted by atomic mass is 16.6. The van der Waals surface area contributed by atoms with E-state index in [1.165, 1.54) is 19.2 Å². The predicted octanol–water partition coefficient (Wildman–Crippen LogP) is 1.76. The summed E-state index contributed by atoms with van der Waals surface area (Å²) in [7, 11) is 1.23. The second-order valence-corrected chi connectivity index (χ2v) is 4.68. The van der Waals surface area contributed by atoms with Gasteiger partial charge in [-0.05, 0) is 25.3 Å². The quantitative estimate of drug-likeness (QED) is 0.501. The Kier molecular flexibility index (Phi) is 5.04. The summed E-state index contributed by atoms with van der Waals surface area (Å²) in [5, 5.41) is 13.9. The smallest absolute Gasteiger partial charge is 0.356 e. The fourth-order valence-electron chi connectivity index (χ4n) is 2.13. The molecule has 114 valence electrons. The van der Waals surface area contributed by atoms with Crippen LogP contribution in [0.15, 0.2) is 12.1 Å². The normalized spacial score (nSPS) is 18.0. The fraction of sp³-hybridized carbons (Fsp3) is 0.538. The van der Waals surface area contributed by atoms with Gasteiger partial charge in [0.25, 0.3) is 0 Å². The summed E-state index contributed by atoms with van der Waals surface area (Å²) in [4.78, 5) is 25.9. The minimum absolute atomic E-state index is 0.00179. The topological polar surface area (TPSA) is 104 Å². The first-order valence-electron chi connectivity index (χ1n) is 6.71. The number of nitrogens with one attached hydrogen (secondary N) is 1. The van der Waals surface area contributed by atoms with Crippen molar-refractivity contribution in [3.8, 4) is 0 Å². The molecule has 8 heteroatoms. The Morgan fingerprint density at radius 2 is 2.38 bits per heavy atom. The highest BCUT2D eigenvalue weighted by Crippen LogP contribution is 2.23. The number of anilines is 1. The standard InChI is InChI=1S/C13H17N3O5/c1-20-13(17)10-5-6-11(16(18)19)12(15-10)14-8-9-4-2-3-7-21-9/h5-6,9H,2-4,7-8H2,1H3,(H,14,15). The van der Waals surface area contributed by atoms with Crippen molar-refractivity contribution in [2.45, 2.75) is 25.4 Å². The molecule has 0 bridgehead atoms. The lowest BCUT2D eigenvalue weighted by atomic mass is 10.1. The molecule has 0 radical (unpaired) electrons. The first-order valence-corrected chi connectivity index (χ1v) is 6.71. The molecule has 1 saturated heterocycles. The monoisotopic (exact) mass is 295 g/mol. The molecule has 1 aromatic rings. The zero-order valence-electron chi connectivity index (χ0n) is 11.7. The number of hydrogen-bond donors (Lipinski definition) is 1. The summed E-state index contributed by atoms with van der Waals surface area (Å²) < 4.78 is 10.1. The number of ether oxygens (including phenoxy) is 2. The number of nitrogens with zero attached hydrogens (tertiary/aromatic N) is 2. The van der Waals surface area contributed by atoms with Crippen molar-refractivity contribution >= 4 is 17.5 Å². The molecular weight excluding hydrogens is 278 g/mol. The van der Waals surface area contributed by atoms with E-state index in [4.69, 9.17) is 4.74 Å². The van der Waals surface area contributed by atoms with Crippen molar-refractivity contribution in [3.05, 3.63) is 27.9 Å². The van der Waals surface area contributed by atoms with Gasteiger partial charge < -0.3 is 14.8 Å². The van der Waals surface area contributed by atoms with Crippen LogP contribution >= 0.6 is 0 Å². The number of methoxy groups -OCH3 is 1. The van der Waals surface area contributed by atoms with Crippen molar-refractivity contribution in [2.75, 3.05) is 25.6 Å². The molecule has 1 unspecified atom stereocenters. The molecule has 8 nitrogen and oxygen atoms in total. The number of hydrogen-bond acceptors (Lipinski definition) is 7. The van der Waals surface area contributed by atoms with Crippen molar-refractivity contribution < 1.29 is 19.2 Å². The molecule has 0 spiro atoms. The lowest BCUT2D eigenvalue weighted by Crippen LogP contribution is -2.27. The van der Waals surface area contributed by atoms with Crippen LogP contribution < -0.4 is 5.32 Å². The van der Waals surface area contributed by atoms with Crippen LogP contribution in [0.25, 0.3) is 0 Å². The Bertz CT molecular complexity index is 529. The van der Waals surface area contributed by atoms with E-state index in [1.54, 1.807) is 0 Å². The van der Waals surface area contributed by atoms with Gasteiger partial charge in [-0.15, -0.1) is 0 Å². The largest absolute Gasteiger partial charge is 0.464 e. The maximum atomic E-state index is 11.4. The Morgan fingerprint density at radius 3 is 3.00 bits per heavy atom. The van der Waals surface area contributed by atoms with E-state index >= 15 is 0 Å². The molecule has 0 aromatic carbocycles. The zero-order chi connectivity index (χ0) is 15.2. The van der Waals surface area contributed by atoms with Gasteiger partial charge in [-0.2, -0.15) is 0 Å². The number of carbonyl (C=O) groups excluding carboxylic acids is 1. The molecule has 0 saturated carbocycles. The van der Waals surface area contributed by atoms with E-state index in [-0.39, 0.29) is 23.3 Å². The number of pyridine rings is 1. The summed E-state index contributed by atoms with van der Waals surface area (Å²) in [5.41, 5.74) is -0.159. The van der Waals surface area contributed by atoms with Gasteiger partial charge in [0.05, 0.1) is 18.1 Å². The van der Waals surface area contributed by atoms with E-state index in [9.17, 15) is 14.9 Å². The first-order chi connectivity index (χ1) is 10.1. The van der Waals surface area contributed by atoms with Crippen molar-refractivity contribution in [1.29, 1.82) is 0 Å². The number of rotatable bonds is 5. The maximum Gasteiger partial charge on any atom is 0.356 e. The third-order valence-electron chi connectivity index (χ3n) is 3.24. The highest BCUT2D eigenvalue weighted by Gasteiger charge is 2.21. The molecule has 1 atom stereocenters. The van der Waals surface area contributed by atoms with Gasteiger partial charge in [-0.1, -0.05) is 0 Å². The second-order valence-electron chi connectivity index (χ2n) is 4.68. The van der Waals surface area contributed by atoms with E-state index in [2.05, 4.69) is 15.0 Å². The van der Waals surface area contributed by atoms with Gasteiger partial charge in [0.2, 0.25) is 5.82 Å². The molecule has 1 fully saturated rings. The Balaban J connectivity index is 2.13. The third-order valence-corrected chi connectivity index (χ3v) is 3.24. The van der Waals surface area contributed by atoms with Crippen LogP contribution in [0.4, 0.5) is 11.5 Å². The molecule has 1 aliphatic heterocycles. The van der Waals surface area contributed by atoms with Crippen LogP contribution in [-0.2, 0) is 9.47 Å². The van der Waals surface area contributed by atoms with Crippen LogP contribution in [-0.4, -0.2) is 42.2 Å². The first kappa shape index (κ1) is 15.2. The van der Waals surface area contributed by atoms with Gasteiger partial charge in [0.15, 0.2) is 5.69 Å². The van der Waals surface area contributed by atoms with Crippen LogP contribution in [0.1, 0.15) is 29.8 Å². The summed E-state index contributed by atoms with van der Waals surface area (Å²) >= 11 is 0. The lowest BCUT2D eigenvalue weighted by molar-refractivity contribution is -0.384. The molecule has 21 heavy (non-hydrogen) atoms. The number of aromatic nitrogens is 1. The SMILES string of the molecule is COC(=O)c1ccc([N+](=O)[O-])c(NCC2CCCCO2)n1. The number of nitro groups is 1. The van der Waals surface area contributed by atoms with Crippen LogP contribution in [0.2, 0.25) is 0 Å². The van der Waals surface area contributed by atoms with Gasteiger partial charge in [0.1, 0.15) is 0 Å². The van der Waals surface area contributed by atoms with E-state index in [1.807, 2.05) is 0 Å². The fourth-order valence-corrected chi connectivity index (χ4v) is 2.13. The average molecular weight is 295 g/mol. The van der Waals surface area contributed by atoms with Crippen LogP contribution in [0, 0.1) is 10.1 Å². The predicted molar refractivity (Wildman–Crippen MR) is 74.3 cm³/mol. The molecule has 1 N–H and O–H groups in total. The van der Waals surface area contributed by atoms with Crippen molar-refractivity contribution in [1.82, 2.24) is 4.98 Å². The molecular formula is C13H17N3O5. The minimum Gasteiger partial charge on any atom is -0.464 e. The number of esters is 1. The average Bonchev–Trinajstić information content (AvgIpc) is 2.52. The Hall–Kier alpha value is -2.22. The van der Waals surface area contributed by atoms with Gasteiger partial charge >= 0.3 is 11.7 Å². The Morgan fingerprint density at radius 1 is 1.57 bits per heavy atom. The molecule has 1 aliphatic rings. The van der Waals surface area contributed by atoms with E-state index < -0.39 is 10.9 Å².